The van der Waals surface area contributed by atoms with Gasteiger partial charge in [0.25, 0.3) is 0 Å². The molecule has 24 heavy (non-hydrogen) atoms. The Morgan fingerprint density at radius 2 is 1.67 bits per heavy atom. The SMILES string of the molecule is O=S(=O)(c1ccc(F)cc1)N1CC[C@H](O)[C@@H](N2CCOCC2)CC1. The Bertz CT molecular complexity index is 647. The molecule has 0 aliphatic carbocycles. The van der Waals surface area contributed by atoms with E-state index in [0.29, 0.717) is 32.6 Å². The average Bonchev–Trinajstić information content (AvgIpc) is 2.78. The summed E-state index contributed by atoms with van der Waals surface area (Å²) < 4.78 is 45.2. The Morgan fingerprint density at radius 1 is 1.04 bits per heavy atom. The lowest BCUT2D eigenvalue weighted by molar-refractivity contribution is -0.0222. The molecule has 0 unspecified atom stereocenters. The number of benzene rings is 1. The van der Waals surface area contributed by atoms with E-state index in [4.69, 9.17) is 4.74 Å². The first kappa shape index (κ1) is 17.8. The summed E-state index contributed by atoms with van der Waals surface area (Å²) in [6.07, 6.45) is 0.404. The van der Waals surface area contributed by atoms with Gasteiger partial charge >= 0.3 is 0 Å². The van der Waals surface area contributed by atoms with E-state index in [1.165, 1.54) is 16.4 Å². The molecule has 0 bridgehead atoms. The van der Waals surface area contributed by atoms with Crippen molar-refractivity contribution >= 4 is 10.0 Å². The van der Waals surface area contributed by atoms with E-state index in [-0.39, 0.29) is 17.5 Å². The van der Waals surface area contributed by atoms with E-state index in [9.17, 15) is 17.9 Å². The second kappa shape index (κ2) is 7.45. The van der Waals surface area contributed by atoms with Gasteiger partial charge in [0, 0.05) is 32.2 Å². The maximum atomic E-state index is 13.0. The lowest BCUT2D eigenvalue weighted by atomic mass is 10.0. The first-order valence-corrected chi connectivity index (χ1v) is 9.68. The molecule has 3 rings (SSSR count). The highest BCUT2D eigenvalue weighted by Crippen LogP contribution is 2.24. The van der Waals surface area contributed by atoms with Crippen LogP contribution in [0.4, 0.5) is 4.39 Å². The molecule has 1 aromatic carbocycles. The fourth-order valence-electron chi connectivity index (χ4n) is 3.38. The van der Waals surface area contributed by atoms with Crippen LogP contribution in [0, 0.1) is 5.82 Å². The summed E-state index contributed by atoms with van der Waals surface area (Å²) in [5.74, 6) is -0.465. The zero-order valence-electron chi connectivity index (χ0n) is 13.5. The third-order valence-corrected chi connectivity index (χ3v) is 6.67. The molecule has 1 aromatic rings. The highest BCUT2D eigenvalue weighted by atomic mass is 32.2. The molecule has 0 aromatic heterocycles. The van der Waals surface area contributed by atoms with E-state index in [1.807, 2.05) is 0 Å². The van der Waals surface area contributed by atoms with Crippen LogP contribution in [0.1, 0.15) is 12.8 Å². The monoisotopic (exact) mass is 358 g/mol. The molecule has 2 aliphatic heterocycles. The standard InChI is InChI=1S/C16H23FN2O4S/c17-13-1-3-14(4-2-13)24(21,22)19-7-5-15(16(20)6-8-19)18-9-11-23-12-10-18/h1-4,15-16,20H,5-12H2/t15-,16-/m0/s1. The van der Waals surface area contributed by atoms with Gasteiger partial charge < -0.3 is 9.84 Å². The maximum absolute atomic E-state index is 13.0. The van der Waals surface area contributed by atoms with Crippen LogP contribution < -0.4 is 0 Å². The van der Waals surface area contributed by atoms with Crippen LogP contribution in [0.2, 0.25) is 0 Å². The first-order valence-electron chi connectivity index (χ1n) is 8.24. The average molecular weight is 358 g/mol. The van der Waals surface area contributed by atoms with E-state index in [0.717, 1.165) is 25.2 Å². The Kier molecular flexibility index (Phi) is 5.51. The van der Waals surface area contributed by atoms with E-state index < -0.39 is 21.9 Å². The van der Waals surface area contributed by atoms with Crippen LogP contribution in [0.3, 0.4) is 0 Å². The zero-order chi connectivity index (χ0) is 17.2. The van der Waals surface area contributed by atoms with E-state index >= 15 is 0 Å². The molecule has 8 heteroatoms. The minimum Gasteiger partial charge on any atom is -0.391 e. The summed E-state index contributed by atoms with van der Waals surface area (Å²) in [7, 11) is -3.67. The molecular formula is C16H23FN2O4S. The number of hydrogen-bond acceptors (Lipinski definition) is 5. The van der Waals surface area contributed by atoms with Crippen molar-refractivity contribution in [2.24, 2.45) is 0 Å². The van der Waals surface area contributed by atoms with Crippen molar-refractivity contribution in [1.29, 1.82) is 0 Å². The van der Waals surface area contributed by atoms with Gasteiger partial charge in [-0.1, -0.05) is 0 Å². The number of hydrogen-bond donors (Lipinski definition) is 1. The summed E-state index contributed by atoms with van der Waals surface area (Å²) in [6.45, 7) is 3.40. The molecule has 0 spiro atoms. The number of sulfonamides is 1. The second-order valence-corrected chi connectivity index (χ2v) is 8.16. The molecule has 2 atom stereocenters. The predicted octanol–water partition coefficient (Wildman–Crippen LogP) is 0.672. The van der Waals surface area contributed by atoms with Crippen molar-refractivity contribution in [3.63, 3.8) is 0 Å². The number of aliphatic hydroxyl groups is 1. The molecule has 134 valence electrons. The topological polar surface area (TPSA) is 70.1 Å². The normalized spacial score (nSPS) is 27.8. The molecule has 0 radical (unpaired) electrons. The van der Waals surface area contributed by atoms with Crippen molar-refractivity contribution in [2.45, 2.75) is 29.9 Å². The lowest BCUT2D eigenvalue weighted by Crippen LogP contribution is -2.49. The fraction of sp³-hybridized carbons (Fsp3) is 0.625. The van der Waals surface area contributed by atoms with Crippen LogP contribution in [0.15, 0.2) is 29.2 Å². The van der Waals surface area contributed by atoms with Gasteiger partial charge in [-0.05, 0) is 37.1 Å². The fourth-order valence-corrected chi connectivity index (χ4v) is 4.85. The first-order chi connectivity index (χ1) is 11.5. The zero-order valence-corrected chi connectivity index (χ0v) is 14.3. The molecule has 0 saturated carbocycles. The van der Waals surface area contributed by atoms with Crippen LogP contribution in [-0.2, 0) is 14.8 Å². The Labute approximate surface area is 141 Å². The maximum Gasteiger partial charge on any atom is 0.243 e. The number of ether oxygens (including phenoxy) is 1. The minimum atomic E-state index is -3.67. The van der Waals surface area contributed by atoms with Gasteiger partial charge in [0.15, 0.2) is 0 Å². The van der Waals surface area contributed by atoms with Crippen molar-refractivity contribution in [1.82, 2.24) is 9.21 Å². The number of halogens is 1. The highest BCUT2D eigenvalue weighted by molar-refractivity contribution is 7.89. The summed E-state index contributed by atoms with van der Waals surface area (Å²) in [6, 6.07) is 4.81. The number of rotatable bonds is 3. The number of nitrogens with zero attached hydrogens (tertiary/aromatic N) is 2. The molecule has 2 fully saturated rings. The smallest absolute Gasteiger partial charge is 0.243 e. The molecule has 2 aliphatic rings. The van der Waals surface area contributed by atoms with Gasteiger partial charge in [0.2, 0.25) is 10.0 Å². The highest BCUT2D eigenvalue weighted by Gasteiger charge is 2.34. The lowest BCUT2D eigenvalue weighted by Gasteiger charge is -2.36. The van der Waals surface area contributed by atoms with Gasteiger partial charge in [-0.3, -0.25) is 4.90 Å². The van der Waals surface area contributed by atoms with E-state index in [1.54, 1.807) is 0 Å². The molecule has 6 nitrogen and oxygen atoms in total. The minimum absolute atomic E-state index is 0.0534. The summed E-state index contributed by atoms with van der Waals surface area (Å²) >= 11 is 0. The van der Waals surface area contributed by atoms with Crippen LogP contribution in [0.25, 0.3) is 0 Å². The van der Waals surface area contributed by atoms with Crippen molar-refractivity contribution in [2.75, 3.05) is 39.4 Å². The molecular weight excluding hydrogens is 335 g/mol. The predicted molar refractivity (Wildman–Crippen MR) is 86.6 cm³/mol. The van der Waals surface area contributed by atoms with Gasteiger partial charge in [-0.2, -0.15) is 4.31 Å². The van der Waals surface area contributed by atoms with Crippen molar-refractivity contribution in [3.8, 4) is 0 Å². The Hall–Kier alpha value is -1.06. The van der Waals surface area contributed by atoms with Crippen LogP contribution in [-0.4, -0.2) is 74.3 Å². The quantitative estimate of drug-likeness (QED) is 0.860. The molecule has 2 saturated heterocycles. The Morgan fingerprint density at radius 3 is 2.33 bits per heavy atom. The van der Waals surface area contributed by atoms with Crippen LogP contribution >= 0.6 is 0 Å². The van der Waals surface area contributed by atoms with Crippen LogP contribution in [0.5, 0.6) is 0 Å². The molecule has 2 heterocycles. The Balaban J connectivity index is 1.73. The second-order valence-electron chi connectivity index (χ2n) is 6.22. The summed E-state index contributed by atoms with van der Waals surface area (Å²) in [5, 5.41) is 10.4. The third-order valence-electron chi connectivity index (χ3n) is 4.76. The largest absolute Gasteiger partial charge is 0.391 e. The van der Waals surface area contributed by atoms with Gasteiger partial charge in [0.1, 0.15) is 5.82 Å². The number of aliphatic hydroxyl groups excluding tert-OH is 1. The molecule has 1 N–H and O–H groups in total. The van der Waals surface area contributed by atoms with Gasteiger partial charge in [-0.25, -0.2) is 12.8 Å². The molecule has 0 amide bonds. The van der Waals surface area contributed by atoms with Crippen molar-refractivity contribution in [3.05, 3.63) is 30.1 Å². The summed E-state index contributed by atoms with van der Waals surface area (Å²) in [5.41, 5.74) is 0. The van der Waals surface area contributed by atoms with Gasteiger partial charge in [-0.15, -0.1) is 0 Å². The third kappa shape index (κ3) is 3.78. The van der Waals surface area contributed by atoms with Crippen molar-refractivity contribution < 1.29 is 22.7 Å². The van der Waals surface area contributed by atoms with Gasteiger partial charge in [0.05, 0.1) is 24.2 Å². The summed E-state index contributed by atoms with van der Waals surface area (Å²) in [4.78, 5) is 2.27. The van der Waals surface area contributed by atoms with E-state index in [2.05, 4.69) is 4.90 Å². The number of morpholine rings is 1.